The number of amides is 1. The van der Waals surface area contributed by atoms with Gasteiger partial charge in [0.25, 0.3) is 5.91 Å². The van der Waals surface area contributed by atoms with Gasteiger partial charge in [-0.25, -0.2) is 0 Å². The number of hydrogen-bond donors (Lipinski definition) is 1. The Morgan fingerprint density at radius 2 is 1.90 bits per heavy atom. The van der Waals surface area contributed by atoms with Crippen LogP contribution < -0.4 is 10.2 Å². The highest BCUT2D eigenvalue weighted by molar-refractivity contribution is 5.93. The monoisotopic (exact) mass is 405 g/mol. The molecule has 3 heterocycles. The number of aryl methyl sites for hydroxylation is 1. The van der Waals surface area contributed by atoms with E-state index in [1.54, 1.807) is 18.5 Å². The van der Waals surface area contributed by atoms with Crippen LogP contribution in [0.1, 0.15) is 22.5 Å². The summed E-state index contributed by atoms with van der Waals surface area (Å²) in [6, 6.07) is 14.0. The van der Waals surface area contributed by atoms with Crippen molar-refractivity contribution in [3.8, 4) is 11.3 Å². The number of carbonyl (C=O) groups is 1. The highest BCUT2D eigenvalue weighted by Gasteiger charge is 2.17. The van der Waals surface area contributed by atoms with E-state index in [0.717, 1.165) is 44.7 Å². The summed E-state index contributed by atoms with van der Waals surface area (Å²) in [5.41, 5.74) is 3.75. The van der Waals surface area contributed by atoms with E-state index in [2.05, 4.69) is 56.4 Å². The van der Waals surface area contributed by atoms with E-state index >= 15 is 0 Å². The molecule has 4 rings (SSSR count). The Bertz CT molecular complexity index is 964. The van der Waals surface area contributed by atoms with Gasteiger partial charge in [-0.2, -0.15) is 0 Å². The Balaban J connectivity index is 1.17. The van der Waals surface area contributed by atoms with Crippen molar-refractivity contribution in [1.29, 1.82) is 0 Å². The maximum absolute atomic E-state index is 12.3. The van der Waals surface area contributed by atoms with Crippen LogP contribution in [0.2, 0.25) is 0 Å². The number of rotatable bonds is 7. The third-order valence-electron chi connectivity index (χ3n) is 5.38. The molecular weight excluding hydrogens is 378 g/mol. The van der Waals surface area contributed by atoms with Crippen molar-refractivity contribution < 1.29 is 9.32 Å². The maximum Gasteiger partial charge on any atom is 0.273 e. The predicted molar refractivity (Wildman–Crippen MR) is 117 cm³/mol. The standard InChI is InChI=1S/C23H27N5O2/c1-18-4-2-5-20(16-18)28-14-12-27(13-15-28)11-3-8-25-23(29)21-17-22(30-26-21)19-6-9-24-10-7-19/h2,4-7,9-10,16-17H,3,8,11-15H2,1H3,(H,25,29). The number of hydrogen-bond acceptors (Lipinski definition) is 6. The lowest BCUT2D eigenvalue weighted by molar-refractivity contribution is 0.0942. The molecule has 30 heavy (non-hydrogen) atoms. The van der Waals surface area contributed by atoms with Crippen LogP contribution in [0.3, 0.4) is 0 Å². The predicted octanol–water partition coefficient (Wildman–Crippen LogP) is 2.99. The molecule has 1 fully saturated rings. The van der Waals surface area contributed by atoms with Gasteiger partial charge < -0.3 is 14.7 Å². The summed E-state index contributed by atoms with van der Waals surface area (Å²) < 4.78 is 5.28. The minimum absolute atomic E-state index is 0.205. The fourth-order valence-electron chi connectivity index (χ4n) is 3.68. The Morgan fingerprint density at radius 3 is 2.67 bits per heavy atom. The molecule has 0 aliphatic carbocycles. The smallest absolute Gasteiger partial charge is 0.273 e. The Kier molecular flexibility index (Phi) is 6.39. The number of anilines is 1. The summed E-state index contributed by atoms with van der Waals surface area (Å²) in [6.45, 7) is 7.88. The lowest BCUT2D eigenvalue weighted by atomic mass is 10.2. The highest BCUT2D eigenvalue weighted by atomic mass is 16.5. The fraction of sp³-hybridized carbons (Fsp3) is 0.348. The normalized spacial score (nSPS) is 14.6. The molecule has 0 saturated carbocycles. The zero-order valence-corrected chi connectivity index (χ0v) is 17.3. The minimum atomic E-state index is -0.205. The van der Waals surface area contributed by atoms with Gasteiger partial charge in [0.1, 0.15) is 0 Å². The molecule has 0 bridgehead atoms. The maximum atomic E-state index is 12.3. The van der Waals surface area contributed by atoms with E-state index in [9.17, 15) is 4.79 Å². The molecule has 1 aliphatic heterocycles. The summed E-state index contributed by atoms with van der Waals surface area (Å²) in [7, 11) is 0. The van der Waals surface area contributed by atoms with E-state index in [1.165, 1.54) is 11.3 Å². The molecule has 2 aromatic heterocycles. The molecule has 7 heteroatoms. The van der Waals surface area contributed by atoms with Crippen molar-refractivity contribution in [1.82, 2.24) is 20.4 Å². The van der Waals surface area contributed by atoms with Crippen LogP contribution in [0.15, 0.2) is 59.4 Å². The Labute approximate surface area is 176 Å². The van der Waals surface area contributed by atoms with Crippen molar-refractivity contribution in [3.05, 3.63) is 66.1 Å². The second-order valence-electron chi connectivity index (χ2n) is 7.59. The van der Waals surface area contributed by atoms with E-state index in [1.807, 2.05) is 12.1 Å². The largest absolute Gasteiger partial charge is 0.369 e. The minimum Gasteiger partial charge on any atom is -0.369 e. The first-order chi connectivity index (χ1) is 14.7. The van der Waals surface area contributed by atoms with Gasteiger partial charge in [0, 0.05) is 62.4 Å². The van der Waals surface area contributed by atoms with Crippen LogP contribution >= 0.6 is 0 Å². The van der Waals surface area contributed by atoms with Gasteiger partial charge in [0.15, 0.2) is 11.5 Å². The Morgan fingerprint density at radius 1 is 1.10 bits per heavy atom. The lowest BCUT2D eigenvalue weighted by Gasteiger charge is -2.36. The van der Waals surface area contributed by atoms with E-state index < -0.39 is 0 Å². The first-order valence-corrected chi connectivity index (χ1v) is 10.4. The quantitative estimate of drug-likeness (QED) is 0.609. The first kappa shape index (κ1) is 20.1. The van der Waals surface area contributed by atoms with Gasteiger partial charge in [-0.15, -0.1) is 0 Å². The molecule has 1 amide bonds. The number of nitrogens with one attached hydrogen (secondary N) is 1. The van der Waals surface area contributed by atoms with Crippen LogP contribution in [0.5, 0.6) is 0 Å². The van der Waals surface area contributed by atoms with E-state index in [-0.39, 0.29) is 5.91 Å². The lowest BCUT2D eigenvalue weighted by Crippen LogP contribution is -2.47. The van der Waals surface area contributed by atoms with Crippen molar-refractivity contribution in [2.45, 2.75) is 13.3 Å². The molecule has 1 aliphatic rings. The SMILES string of the molecule is Cc1cccc(N2CCN(CCCNC(=O)c3cc(-c4ccncc4)on3)CC2)c1. The van der Waals surface area contributed by atoms with Crippen molar-refractivity contribution in [2.75, 3.05) is 44.2 Å². The first-order valence-electron chi connectivity index (χ1n) is 10.4. The van der Waals surface area contributed by atoms with Crippen molar-refractivity contribution >= 4 is 11.6 Å². The number of carbonyl (C=O) groups excluding carboxylic acids is 1. The summed E-state index contributed by atoms with van der Waals surface area (Å²) in [6.07, 6.45) is 4.27. The molecular formula is C23H27N5O2. The van der Waals surface area contributed by atoms with Gasteiger partial charge in [0.2, 0.25) is 0 Å². The molecule has 3 aromatic rings. The number of nitrogens with zero attached hydrogens (tertiary/aromatic N) is 4. The Hall–Kier alpha value is -3.19. The summed E-state index contributed by atoms with van der Waals surface area (Å²) >= 11 is 0. The molecule has 0 spiro atoms. The number of pyridine rings is 1. The van der Waals surface area contributed by atoms with Gasteiger partial charge in [-0.3, -0.25) is 14.7 Å². The molecule has 7 nitrogen and oxygen atoms in total. The van der Waals surface area contributed by atoms with Crippen LogP contribution in [-0.2, 0) is 0 Å². The van der Waals surface area contributed by atoms with Crippen molar-refractivity contribution in [2.24, 2.45) is 0 Å². The second-order valence-corrected chi connectivity index (χ2v) is 7.59. The fourth-order valence-corrected chi connectivity index (χ4v) is 3.68. The summed E-state index contributed by atoms with van der Waals surface area (Å²) in [5, 5.41) is 6.81. The molecule has 1 N–H and O–H groups in total. The molecule has 0 radical (unpaired) electrons. The van der Waals surface area contributed by atoms with Gasteiger partial charge in [0.05, 0.1) is 0 Å². The van der Waals surface area contributed by atoms with Crippen LogP contribution in [0.4, 0.5) is 5.69 Å². The van der Waals surface area contributed by atoms with Crippen molar-refractivity contribution in [3.63, 3.8) is 0 Å². The average molecular weight is 406 g/mol. The zero-order valence-electron chi connectivity index (χ0n) is 17.3. The number of benzene rings is 1. The molecule has 0 atom stereocenters. The van der Waals surface area contributed by atoms with Crippen LogP contribution in [-0.4, -0.2) is 60.2 Å². The summed E-state index contributed by atoms with van der Waals surface area (Å²) in [4.78, 5) is 21.2. The molecule has 1 aromatic carbocycles. The second kappa shape index (κ2) is 9.54. The number of aromatic nitrogens is 2. The van der Waals surface area contributed by atoms with Crippen LogP contribution in [0.25, 0.3) is 11.3 Å². The summed E-state index contributed by atoms with van der Waals surface area (Å²) in [5.74, 6) is 0.359. The van der Waals surface area contributed by atoms with Gasteiger partial charge in [-0.1, -0.05) is 17.3 Å². The van der Waals surface area contributed by atoms with E-state index in [0.29, 0.717) is 18.0 Å². The molecule has 0 unspecified atom stereocenters. The third-order valence-corrected chi connectivity index (χ3v) is 5.38. The molecule has 156 valence electrons. The average Bonchev–Trinajstić information content (AvgIpc) is 3.28. The third kappa shape index (κ3) is 5.04. The van der Waals surface area contributed by atoms with Gasteiger partial charge in [-0.05, 0) is 49.7 Å². The zero-order chi connectivity index (χ0) is 20.8. The molecule has 1 saturated heterocycles. The topological polar surface area (TPSA) is 74.5 Å². The number of piperazine rings is 1. The highest BCUT2D eigenvalue weighted by Crippen LogP contribution is 2.19. The van der Waals surface area contributed by atoms with Crippen LogP contribution in [0, 0.1) is 6.92 Å². The van der Waals surface area contributed by atoms with E-state index in [4.69, 9.17) is 4.52 Å². The van der Waals surface area contributed by atoms with Gasteiger partial charge >= 0.3 is 0 Å².